The van der Waals surface area contributed by atoms with Gasteiger partial charge in [-0.3, -0.25) is 4.79 Å². The van der Waals surface area contributed by atoms with Crippen molar-refractivity contribution in [3.05, 3.63) is 67.6 Å². The van der Waals surface area contributed by atoms with E-state index >= 15 is 0 Å². The number of nitrogens with one attached hydrogen (secondary N) is 2. The summed E-state index contributed by atoms with van der Waals surface area (Å²) in [5.41, 5.74) is 12.5. The Kier molecular flexibility index (Phi) is 5.73. The molecule has 1 aliphatic rings. The van der Waals surface area contributed by atoms with Crippen LogP contribution in [0.2, 0.25) is 0 Å². The number of aromatic nitrogens is 3. The molecule has 0 radical (unpaired) electrons. The first-order valence-corrected chi connectivity index (χ1v) is 11.1. The summed E-state index contributed by atoms with van der Waals surface area (Å²) < 4.78 is 5.29. The Hall–Kier alpha value is -4.17. The van der Waals surface area contributed by atoms with Crippen molar-refractivity contribution in [1.82, 2.24) is 15.0 Å². The Morgan fingerprint density at radius 1 is 1.24 bits per heavy atom. The molecule has 1 atom stereocenters. The molecule has 5 rings (SSSR count). The molecule has 0 spiro atoms. The van der Waals surface area contributed by atoms with Gasteiger partial charge in [0.1, 0.15) is 5.65 Å². The van der Waals surface area contributed by atoms with Crippen LogP contribution in [-0.4, -0.2) is 47.1 Å². The molecule has 1 aromatic carbocycles. The summed E-state index contributed by atoms with van der Waals surface area (Å²) in [6, 6.07) is 12.1. The minimum atomic E-state index is -0.255. The second-order valence-corrected chi connectivity index (χ2v) is 8.37. The van der Waals surface area contributed by atoms with Gasteiger partial charge in [-0.2, -0.15) is 0 Å². The van der Waals surface area contributed by atoms with E-state index < -0.39 is 0 Å². The summed E-state index contributed by atoms with van der Waals surface area (Å²) in [4.78, 5) is 26.4. The number of carbonyl (C=O) groups excluding carboxylic acids is 1. The lowest BCUT2D eigenvalue weighted by Gasteiger charge is -2.20. The highest BCUT2D eigenvalue weighted by Crippen LogP contribution is 2.35. The number of amides is 1. The number of anilines is 2. The lowest BCUT2D eigenvalue weighted by atomic mass is 10.0. The summed E-state index contributed by atoms with van der Waals surface area (Å²) in [5.74, 6) is 0.296. The number of H-pyrrole nitrogens is 1. The molecule has 1 amide bonds. The minimum Gasteiger partial charge on any atom is -0.481 e. The second kappa shape index (κ2) is 8.99. The van der Waals surface area contributed by atoms with E-state index in [-0.39, 0.29) is 11.9 Å². The van der Waals surface area contributed by atoms with Gasteiger partial charge in [0.05, 0.1) is 7.11 Å². The first-order valence-electron chi connectivity index (χ1n) is 11.1. The summed E-state index contributed by atoms with van der Waals surface area (Å²) in [5, 5.41) is 3.88. The number of methoxy groups -OCH3 is 1. The zero-order chi connectivity index (χ0) is 23.7. The molecular weight excluding hydrogens is 428 g/mol. The number of fused-ring (bicyclic) bond motifs is 1. The number of pyridine rings is 2. The lowest BCUT2D eigenvalue weighted by molar-refractivity contribution is -0.111. The quantitative estimate of drug-likeness (QED) is 0.381. The molecule has 4 N–H and O–H groups in total. The van der Waals surface area contributed by atoms with E-state index in [4.69, 9.17) is 10.5 Å². The van der Waals surface area contributed by atoms with E-state index in [1.807, 2.05) is 36.7 Å². The SMILES string of the molecule is C=CC(=O)Nc1cc(-c2cnc3[nH]cc(-c4ccnc(OC)c4)c3c2)cc(N2CC[C@@H](N)C2)c1. The Morgan fingerprint density at radius 2 is 2.12 bits per heavy atom. The summed E-state index contributed by atoms with van der Waals surface area (Å²) in [7, 11) is 1.60. The molecule has 1 saturated heterocycles. The van der Waals surface area contributed by atoms with Crippen LogP contribution in [0.5, 0.6) is 5.88 Å². The van der Waals surface area contributed by atoms with Crippen LogP contribution in [-0.2, 0) is 4.79 Å². The van der Waals surface area contributed by atoms with Gasteiger partial charge < -0.3 is 25.7 Å². The van der Waals surface area contributed by atoms with Gasteiger partial charge in [-0.25, -0.2) is 9.97 Å². The van der Waals surface area contributed by atoms with Crippen LogP contribution in [0.25, 0.3) is 33.3 Å². The number of hydrogen-bond donors (Lipinski definition) is 3. The maximum Gasteiger partial charge on any atom is 0.247 e. The number of aromatic amines is 1. The molecule has 0 aliphatic carbocycles. The first kappa shape index (κ1) is 21.7. The number of rotatable bonds is 6. The van der Waals surface area contributed by atoms with Crippen molar-refractivity contribution < 1.29 is 9.53 Å². The van der Waals surface area contributed by atoms with Gasteiger partial charge in [-0.15, -0.1) is 0 Å². The highest BCUT2D eigenvalue weighted by Gasteiger charge is 2.21. The average molecular weight is 455 g/mol. The van der Waals surface area contributed by atoms with Gasteiger partial charge in [-0.05, 0) is 54.0 Å². The fourth-order valence-electron chi connectivity index (χ4n) is 4.34. The van der Waals surface area contributed by atoms with Gasteiger partial charge in [0.15, 0.2) is 0 Å². The first-order chi connectivity index (χ1) is 16.5. The Bertz CT molecular complexity index is 1380. The predicted octanol–water partition coefficient (Wildman–Crippen LogP) is 3.96. The normalized spacial score (nSPS) is 15.5. The van der Waals surface area contributed by atoms with Crippen LogP contribution in [0.3, 0.4) is 0 Å². The van der Waals surface area contributed by atoms with Gasteiger partial charge >= 0.3 is 0 Å². The van der Waals surface area contributed by atoms with Crippen molar-refractivity contribution in [1.29, 1.82) is 0 Å². The molecule has 4 aromatic rings. The predicted molar refractivity (Wildman–Crippen MR) is 135 cm³/mol. The molecule has 8 heteroatoms. The topological polar surface area (TPSA) is 109 Å². The van der Waals surface area contributed by atoms with Crippen LogP contribution in [0.15, 0.2) is 67.6 Å². The third-order valence-electron chi connectivity index (χ3n) is 6.08. The van der Waals surface area contributed by atoms with E-state index in [0.29, 0.717) is 11.6 Å². The zero-order valence-electron chi connectivity index (χ0n) is 18.9. The highest BCUT2D eigenvalue weighted by molar-refractivity contribution is 6.00. The average Bonchev–Trinajstić information content (AvgIpc) is 3.49. The van der Waals surface area contributed by atoms with E-state index in [0.717, 1.165) is 58.5 Å². The van der Waals surface area contributed by atoms with Crippen LogP contribution < -0.4 is 20.7 Å². The molecule has 1 aliphatic heterocycles. The van der Waals surface area contributed by atoms with Gasteiger partial charge in [-0.1, -0.05) is 6.58 Å². The molecule has 34 heavy (non-hydrogen) atoms. The number of nitrogens with zero attached hydrogens (tertiary/aromatic N) is 3. The maximum atomic E-state index is 12.0. The Labute approximate surface area is 197 Å². The molecule has 0 bridgehead atoms. The van der Waals surface area contributed by atoms with Crippen LogP contribution in [0.1, 0.15) is 6.42 Å². The highest BCUT2D eigenvalue weighted by atomic mass is 16.5. The fourth-order valence-corrected chi connectivity index (χ4v) is 4.34. The van der Waals surface area contributed by atoms with E-state index in [9.17, 15) is 4.79 Å². The van der Waals surface area contributed by atoms with Crippen molar-refractivity contribution in [2.75, 3.05) is 30.4 Å². The smallest absolute Gasteiger partial charge is 0.247 e. The molecule has 172 valence electrons. The number of nitrogens with two attached hydrogens (primary N) is 1. The van der Waals surface area contributed by atoms with Crippen LogP contribution in [0.4, 0.5) is 11.4 Å². The molecule has 8 nitrogen and oxygen atoms in total. The maximum absolute atomic E-state index is 12.0. The third kappa shape index (κ3) is 4.23. The lowest BCUT2D eigenvalue weighted by Crippen LogP contribution is -2.26. The Morgan fingerprint density at radius 3 is 2.88 bits per heavy atom. The van der Waals surface area contributed by atoms with Gasteiger partial charge in [0.2, 0.25) is 11.8 Å². The second-order valence-electron chi connectivity index (χ2n) is 8.37. The molecule has 1 fully saturated rings. The number of ether oxygens (including phenoxy) is 1. The van der Waals surface area contributed by atoms with Gasteiger partial charge in [0, 0.05) is 71.7 Å². The van der Waals surface area contributed by atoms with Crippen molar-refractivity contribution in [3.63, 3.8) is 0 Å². The van der Waals surface area contributed by atoms with Crippen molar-refractivity contribution in [2.24, 2.45) is 5.73 Å². The van der Waals surface area contributed by atoms with E-state index in [2.05, 4.69) is 43.9 Å². The van der Waals surface area contributed by atoms with E-state index in [1.165, 1.54) is 6.08 Å². The largest absolute Gasteiger partial charge is 0.481 e. The Balaban J connectivity index is 1.59. The molecule has 0 saturated carbocycles. The van der Waals surface area contributed by atoms with Crippen molar-refractivity contribution in [2.45, 2.75) is 12.5 Å². The van der Waals surface area contributed by atoms with E-state index in [1.54, 1.807) is 13.3 Å². The fraction of sp³-hybridized carbons (Fsp3) is 0.192. The molecular formula is C26H26N6O2. The third-order valence-corrected chi connectivity index (χ3v) is 6.08. The molecule has 4 heterocycles. The number of carbonyl (C=O) groups is 1. The monoisotopic (exact) mass is 454 g/mol. The van der Waals surface area contributed by atoms with Crippen LogP contribution >= 0.6 is 0 Å². The standard InChI is InChI=1S/C26H26N6O2/c1-3-24(33)31-20-8-17(9-21(12-20)32-7-5-19(27)15-32)18-10-22-23(14-30-26(22)29-13-18)16-4-6-28-25(11-16)34-2/h3-4,6,8-14,19H,1,5,7,15,27H2,2H3,(H,29,30)(H,31,33)/t19-/m1/s1. The molecule has 0 unspecified atom stereocenters. The zero-order valence-corrected chi connectivity index (χ0v) is 18.9. The van der Waals surface area contributed by atoms with Crippen LogP contribution in [0, 0.1) is 0 Å². The summed E-state index contributed by atoms with van der Waals surface area (Å²) >= 11 is 0. The van der Waals surface area contributed by atoms with Gasteiger partial charge in [0.25, 0.3) is 0 Å². The summed E-state index contributed by atoms with van der Waals surface area (Å²) in [6.07, 6.45) is 7.70. The molecule has 3 aromatic heterocycles. The number of benzene rings is 1. The summed E-state index contributed by atoms with van der Waals surface area (Å²) in [6.45, 7) is 5.22. The number of hydrogen-bond acceptors (Lipinski definition) is 6. The van der Waals surface area contributed by atoms with Crippen molar-refractivity contribution >= 4 is 28.3 Å². The minimum absolute atomic E-state index is 0.146. The van der Waals surface area contributed by atoms with Crippen molar-refractivity contribution in [3.8, 4) is 28.1 Å².